The Morgan fingerprint density at radius 1 is 1.00 bits per heavy atom. The lowest BCUT2D eigenvalue weighted by atomic mass is 10.1. The summed E-state index contributed by atoms with van der Waals surface area (Å²) in [6, 6.07) is 6.98. The van der Waals surface area contributed by atoms with Crippen LogP contribution in [0.25, 0.3) is 21.8 Å². The van der Waals surface area contributed by atoms with Crippen molar-refractivity contribution >= 4 is 21.8 Å². The topological polar surface area (TPSA) is 80.9 Å². The number of nitrogens with zero attached hydrogens (tertiary/aromatic N) is 1. The number of para-hydroxylation sites is 1. The molecular formula is C16H15NO5. The summed E-state index contributed by atoms with van der Waals surface area (Å²) in [6.45, 7) is 0. The van der Waals surface area contributed by atoms with E-state index in [4.69, 9.17) is 9.47 Å². The van der Waals surface area contributed by atoms with E-state index in [0.29, 0.717) is 10.9 Å². The molecule has 3 rings (SSSR count). The molecule has 114 valence electrons. The van der Waals surface area contributed by atoms with E-state index in [0.717, 1.165) is 0 Å². The van der Waals surface area contributed by atoms with Gasteiger partial charge < -0.3 is 24.3 Å². The number of phenolic OH excluding ortho intramolecular Hbond substituents is 2. The third kappa shape index (κ3) is 1.64. The Bertz CT molecular complexity index is 959. The molecule has 0 amide bonds. The van der Waals surface area contributed by atoms with Gasteiger partial charge in [0.25, 0.3) is 0 Å². The number of phenols is 2. The lowest BCUT2D eigenvalue weighted by Gasteiger charge is -2.17. The number of aryl methyl sites for hydroxylation is 1. The van der Waals surface area contributed by atoms with E-state index < -0.39 is 0 Å². The van der Waals surface area contributed by atoms with Crippen LogP contribution in [0.4, 0.5) is 0 Å². The molecule has 0 bridgehead atoms. The Labute approximate surface area is 125 Å². The van der Waals surface area contributed by atoms with Crippen LogP contribution in [-0.4, -0.2) is 29.0 Å². The fraction of sp³-hybridized carbons (Fsp3) is 0.188. The van der Waals surface area contributed by atoms with Crippen molar-refractivity contribution < 1.29 is 19.7 Å². The van der Waals surface area contributed by atoms with Gasteiger partial charge in [-0.2, -0.15) is 0 Å². The minimum atomic E-state index is -0.377. The number of hydrogen-bond donors (Lipinski definition) is 2. The Hall–Kier alpha value is -2.89. The van der Waals surface area contributed by atoms with Gasteiger partial charge in [-0.15, -0.1) is 0 Å². The third-order valence-corrected chi connectivity index (χ3v) is 3.82. The molecule has 22 heavy (non-hydrogen) atoms. The number of rotatable bonds is 2. The number of benzene rings is 2. The highest BCUT2D eigenvalue weighted by Crippen LogP contribution is 2.49. The maximum absolute atomic E-state index is 12.7. The summed E-state index contributed by atoms with van der Waals surface area (Å²) in [7, 11) is 4.38. The van der Waals surface area contributed by atoms with Crippen LogP contribution in [-0.2, 0) is 7.05 Å². The van der Waals surface area contributed by atoms with Gasteiger partial charge in [-0.3, -0.25) is 4.79 Å². The van der Waals surface area contributed by atoms with E-state index in [1.54, 1.807) is 35.9 Å². The normalized spacial score (nSPS) is 11.0. The monoisotopic (exact) mass is 301 g/mol. The van der Waals surface area contributed by atoms with Crippen molar-refractivity contribution in [3.63, 3.8) is 0 Å². The average Bonchev–Trinajstić information content (AvgIpc) is 2.53. The van der Waals surface area contributed by atoms with Crippen molar-refractivity contribution in [2.24, 2.45) is 7.05 Å². The van der Waals surface area contributed by atoms with Crippen LogP contribution in [0.15, 0.2) is 29.1 Å². The van der Waals surface area contributed by atoms with E-state index in [2.05, 4.69) is 0 Å². The maximum atomic E-state index is 12.7. The molecule has 6 nitrogen and oxygen atoms in total. The summed E-state index contributed by atoms with van der Waals surface area (Å²) >= 11 is 0. The first-order chi connectivity index (χ1) is 10.5. The SMILES string of the molecule is COc1c(OC)c(O)c2c(c1O)c(=O)c1ccccc1n2C. The molecule has 0 unspecified atom stereocenters. The Balaban J connectivity index is 2.71. The smallest absolute Gasteiger partial charge is 0.209 e. The largest absolute Gasteiger partial charge is 0.504 e. The number of fused-ring (bicyclic) bond motifs is 2. The summed E-state index contributed by atoms with van der Waals surface area (Å²) in [5.74, 6) is -0.686. The molecule has 0 aliphatic heterocycles. The molecule has 3 aromatic rings. The molecule has 0 aliphatic rings. The van der Waals surface area contributed by atoms with Gasteiger partial charge in [0.1, 0.15) is 5.52 Å². The number of methoxy groups -OCH3 is 2. The second kappa shape index (κ2) is 4.84. The second-order valence-electron chi connectivity index (χ2n) is 4.89. The minimum Gasteiger partial charge on any atom is -0.504 e. The first kappa shape index (κ1) is 14.1. The van der Waals surface area contributed by atoms with Crippen LogP contribution in [0.5, 0.6) is 23.0 Å². The van der Waals surface area contributed by atoms with Crippen molar-refractivity contribution in [1.29, 1.82) is 0 Å². The van der Waals surface area contributed by atoms with Crippen molar-refractivity contribution in [2.75, 3.05) is 14.2 Å². The number of aromatic hydroxyl groups is 2. The molecular weight excluding hydrogens is 286 g/mol. The van der Waals surface area contributed by atoms with E-state index in [-0.39, 0.29) is 39.3 Å². The van der Waals surface area contributed by atoms with Gasteiger partial charge in [0.15, 0.2) is 11.5 Å². The molecule has 0 radical (unpaired) electrons. The second-order valence-corrected chi connectivity index (χ2v) is 4.89. The maximum Gasteiger partial charge on any atom is 0.209 e. The zero-order valence-corrected chi connectivity index (χ0v) is 12.4. The quantitative estimate of drug-likeness (QED) is 0.560. The zero-order chi connectivity index (χ0) is 16.0. The highest BCUT2D eigenvalue weighted by molar-refractivity contribution is 6.02. The summed E-state index contributed by atoms with van der Waals surface area (Å²) in [4.78, 5) is 12.7. The molecule has 0 aliphatic carbocycles. The third-order valence-electron chi connectivity index (χ3n) is 3.82. The van der Waals surface area contributed by atoms with Gasteiger partial charge in [-0.05, 0) is 12.1 Å². The minimum absolute atomic E-state index is 0.00338. The lowest BCUT2D eigenvalue weighted by molar-refractivity contribution is 0.319. The lowest BCUT2D eigenvalue weighted by Crippen LogP contribution is -2.10. The Morgan fingerprint density at radius 2 is 1.59 bits per heavy atom. The van der Waals surface area contributed by atoms with Crippen molar-refractivity contribution in [3.8, 4) is 23.0 Å². The summed E-state index contributed by atoms with van der Waals surface area (Å²) in [5.41, 5.74) is 0.457. The number of aromatic nitrogens is 1. The standard InChI is InChI=1S/C16H15NO5/c1-17-9-7-5-4-6-8(9)12(18)10-11(17)14(20)16(22-3)15(21-2)13(10)19/h4-7,19-20H,1-3H3. The number of hydrogen-bond acceptors (Lipinski definition) is 5. The average molecular weight is 301 g/mol. The van der Waals surface area contributed by atoms with Gasteiger partial charge in [0.2, 0.25) is 16.9 Å². The highest BCUT2D eigenvalue weighted by Gasteiger charge is 2.25. The molecule has 6 heteroatoms. The van der Waals surface area contributed by atoms with Crippen LogP contribution < -0.4 is 14.9 Å². The Morgan fingerprint density at radius 3 is 2.23 bits per heavy atom. The summed E-state index contributed by atoms with van der Waals surface area (Å²) in [5, 5.41) is 21.3. The summed E-state index contributed by atoms with van der Waals surface area (Å²) < 4.78 is 11.8. The van der Waals surface area contributed by atoms with Crippen LogP contribution in [0.2, 0.25) is 0 Å². The van der Waals surface area contributed by atoms with Crippen LogP contribution in [0.3, 0.4) is 0 Å². The molecule has 0 spiro atoms. The number of pyridine rings is 1. The van der Waals surface area contributed by atoms with Crippen LogP contribution in [0.1, 0.15) is 0 Å². The molecule has 2 N–H and O–H groups in total. The van der Waals surface area contributed by atoms with Crippen LogP contribution >= 0.6 is 0 Å². The molecule has 0 saturated heterocycles. The first-order valence-electron chi connectivity index (χ1n) is 6.60. The van der Waals surface area contributed by atoms with Gasteiger partial charge in [-0.1, -0.05) is 12.1 Å². The van der Waals surface area contributed by atoms with E-state index in [1.165, 1.54) is 14.2 Å². The number of ether oxygens (including phenoxy) is 2. The predicted molar refractivity (Wildman–Crippen MR) is 83.1 cm³/mol. The molecule has 1 heterocycles. The molecule has 0 fully saturated rings. The van der Waals surface area contributed by atoms with Gasteiger partial charge in [0, 0.05) is 12.4 Å². The molecule has 1 aromatic heterocycles. The van der Waals surface area contributed by atoms with Gasteiger partial charge >= 0.3 is 0 Å². The molecule has 2 aromatic carbocycles. The van der Waals surface area contributed by atoms with Crippen molar-refractivity contribution in [1.82, 2.24) is 4.57 Å². The van der Waals surface area contributed by atoms with Crippen LogP contribution in [0, 0.1) is 0 Å². The van der Waals surface area contributed by atoms with E-state index >= 15 is 0 Å². The Kier molecular flexibility index (Phi) is 3.09. The zero-order valence-electron chi connectivity index (χ0n) is 12.4. The molecule has 0 atom stereocenters. The van der Waals surface area contributed by atoms with Crippen molar-refractivity contribution in [2.45, 2.75) is 0 Å². The van der Waals surface area contributed by atoms with Gasteiger partial charge in [-0.25, -0.2) is 0 Å². The highest BCUT2D eigenvalue weighted by atomic mass is 16.5. The van der Waals surface area contributed by atoms with E-state index in [9.17, 15) is 15.0 Å². The fourth-order valence-corrected chi connectivity index (χ4v) is 2.80. The fourth-order valence-electron chi connectivity index (χ4n) is 2.80. The predicted octanol–water partition coefficient (Wildman–Crippen LogP) is 2.12. The summed E-state index contributed by atoms with van der Waals surface area (Å²) in [6.07, 6.45) is 0. The van der Waals surface area contributed by atoms with Gasteiger partial charge in [0.05, 0.1) is 25.1 Å². The van der Waals surface area contributed by atoms with E-state index in [1.807, 2.05) is 0 Å². The first-order valence-corrected chi connectivity index (χ1v) is 6.60. The molecule has 0 saturated carbocycles. The van der Waals surface area contributed by atoms with Crippen molar-refractivity contribution in [3.05, 3.63) is 34.5 Å².